The molecule has 2 N–H and O–H groups in total. The van der Waals surface area contributed by atoms with Gasteiger partial charge in [0, 0.05) is 11.5 Å². The van der Waals surface area contributed by atoms with Crippen LogP contribution >= 0.6 is 0 Å². The van der Waals surface area contributed by atoms with Crippen molar-refractivity contribution in [2.75, 3.05) is 5.75 Å². The summed E-state index contributed by atoms with van der Waals surface area (Å²) in [6.45, 7) is 0. The zero-order chi connectivity index (χ0) is 21.9. The van der Waals surface area contributed by atoms with Crippen LogP contribution in [0.1, 0.15) is 41.6 Å². The van der Waals surface area contributed by atoms with Crippen LogP contribution in [0.25, 0.3) is 0 Å². The molecule has 1 aliphatic rings. The molecule has 0 spiro atoms. The number of primary sulfonamides is 1. The molecule has 0 heterocycles. The third kappa shape index (κ3) is 5.14. The van der Waals surface area contributed by atoms with E-state index in [-0.39, 0.29) is 17.0 Å². The molecule has 0 bridgehead atoms. The summed E-state index contributed by atoms with van der Waals surface area (Å²) >= 11 is 0. The molecule has 158 valence electrons. The lowest BCUT2D eigenvalue weighted by atomic mass is 10.1. The summed E-state index contributed by atoms with van der Waals surface area (Å²) in [5, 5.41) is 5.07. The van der Waals surface area contributed by atoms with Crippen LogP contribution in [0.5, 0.6) is 0 Å². The minimum absolute atomic E-state index is 0.140. The van der Waals surface area contributed by atoms with E-state index in [1.54, 1.807) is 0 Å². The lowest BCUT2D eigenvalue weighted by Gasteiger charge is -2.09. The van der Waals surface area contributed by atoms with E-state index in [0.29, 0.717) is 0 Å². The van der Waals surface area contributed by atoms with E-state index >= 15 is 0 Å². The second kappa shape index (κ2) is 8.68. The highest BCUT2D eigenvalue weighted by atomic mass is 32.2. The molecule has 1 fully saturated rings. The van der Waals surface area contributed by atoms with E-state index in [0.717, 1.165) is 43.9 Å². The van der Waals surface area contributed by atoms with Gasteiger partial charge in [-0.05, 0) is 43.2 Å². The molecule has 3 rings (SSSR count). The Morgan fingerprint density at radius 3 is 2.27 bits per heavy atom. The van der Waals surface area contributed by atoms with Crippen molar-refractivity contribution in [3.63, 3.8) is 0 Å². The average Bonchev–Trinajstić information content (AvgIpc) is 3.19. The van der Waals surface area contributed by atoms with E-state index in [9.17, 15) is 26.0 Å². The summed E-state index contributed by atoms with van der Waals surface area (Å²) in [7, 11) is -8.63. The zero-order valence-electron chi connectivity index (χ0n) is 16.0. The fourth-order valence-corrected chi connectivity index (χ4v) is 5.99. The number of carbonyl (C=O) groups is 1. The van der Waals surface area contributed by atoms with E-state index in [1.807, 2.05) is 0 Å². The molecule has 0 radical (unpaired) electrons. The molecule has 30 heavy (non-hydrogen) atoms. The monoisotopic (exact) mass is 449 g/mol. The zero-order valence-corrected chi connectivity index (χ0v) is 17.6. The first-order chi connectivity index (χ1) is 14.1. The van der Waals surface area contributed by atoms with E-state index in [1.165, 1.54) is 24.3 Å². The van der Waals surface area contributed by atoms with Crippen molar-refractivity contribution >= 4 is 25.6 Å². The number of sulfone groups is 1. The maximum atomic E-state index is 14.4. The molecule has 0 atom stereocenters. The van der Waals surface area contributed by atoms with E-state index < -0.39 is 47.0 Å². The molecular formula is C21H20FNO5S2. The summed E-state index contributed by atoms with van der Waals surface area (Å²) in [6.07, 6.45) is 4.20. The van der Waals surface area contributed by atoms with Crippen molar-refractivity contribution in [1.82, 2.24) is 0 Å². The molecule has 0 amide bonds. The lowest BCUT2D eigenvalue weighted by Crippen LogP contribution is -2.21. The van der Waals surface area contributed by atoms with Crippen molar-refractivity contribution in [3.8, 4) is 11.8 Å². The minimum Gasteiger partial charge on any atom is -0.293 e. The van der Waals surface area contributed by atoms with Crippen molar-refractivity contribution in [3.05, 3.63) is 59.4 Å². The quantitative estimate of drug-likeness (QED) is 0.557. The lowest BCUT2D eigenvalue weighted by molar-refractivity contribution is 0.102. The Morgan fingerprint density at radius 1 is 1.03 bits per heavy atom. The van der Waals surface area contributed by atoms with Crippen LogP contribution in [-0.4, -0.2) is 28.4 Å². The first kappa shape index (κ1) is 22.2. The number of benzene rings is 2. The SMILES string of the molecule is NS(=O)(=O)c1ccccc1S(=O)(=O)CC(=O)c1ccc(C#CC2CCCC2)c(F)c1. The van der Waals surface area contributed by atoms with Crippen LogP contribution in [0.15, 0.2) is 52.3 Å². The number of rotatable bonds is 5. The molecule has 1 aliphatic carbocycles. The number of carbonyl (C=O) groups excluding carboxylic acids is 1. The summed E-state index contributed by atoms with van der Waals surface area (Å²) in [6, 6.07) is 8.35. The summed E-state index contributed by atoms with van der Waals surface area (Å²) in [5.74, 6) is 3.45. The van der Waals surface area contributed by atoms with E-state index in [4.69, 9.17) is 5.14 Å². The number of hydrogen-bond acceptors (Lipinski definition) is 5. The summed E-state index contributed by atoms with van der Waals surface area (Å²) in [5.41, 5.74) is -0.00328. The van der Waals surface area contributed by atoms with Gasteiger partial charge in [-0.15, -0.1) is 0 Å². The van der Waals surface area contributed by atoms with Gasteiger partial charge in [-0.25, -0.2) is 26.4 Å². The smallest absolute Gasteiger partial charge is 0.239 e. The normalized spacial score (nSPS) is 14.9. The number of Topliss-reactive ketones (excluding diaryl/α,β-unsaturated/α-hetero) is 1. The highest BCUT2D eigenvalue weighted by molar-refractivity contribution is 7.94. The van der Waals surface area contributed by atoms with Crippen molar-refractivity contribution in [2.45, 2.75) is 35.5 Å². The topological polar surface area (TPSA) is 111 Å². The summed E-state index contributed by atoms with van der Waals surface area (Å²) in [4.78, 5) is 11.3. The standard InChI is InChI=1S/C21H20FNO5S2/c22-18-13-17(12-11-16(18)10-9-15-5-1-2-6-15)19(24)14-29(25,26)20-7-3-4-8-21(20)30(23,27)28/h3-4,7-8,11-13,15H,1-2,5-6,14H2,(H2,23,27,28). The highest BCUT2D eigenvalue weighted by Gasteiger charge is 2.27. The molecule has 1 saturated carbocycles. The maximum absolute atomic E-state index is 14.4. The Morgan fingerprint density at radius 2 is 1.67 bits per heavy atom. The maximum Gasteiger partial charge on any atom is 0.239 e. The second-order valence-corrected chi connectivity index (χ2v) is 10.6. The van der Waals surface area contributed by atoms with Gasteiger partial charge in [0.05, 0.1) is 10.5 Å². The van der Waals surface area contributed by atoms with Crippen molar-refractivity contribution < 1.29 is 26.0 Å². The first-order valence-corrected chi connectivity index (χ1v) is 12.5. The Kier molecular flexibility index (Phi) is 6.41. The van der Waals surface area contributed by atoms with Gasteiger partial charge in [-0.1, -0.05) is 36.8 Å². The fourth-order valence-electron chi connectivity index (χ4n) is 3.32. The van der Waals surface area contributed by atoms with E-state index in [2.05, 4.69) is 11.8 Å². The van der Waals surface area contributed by atoms with Gasteiger partial charge >= 0.3 is 0 Å². The molecular weight excluding hydrogens is 429 g/mol. The number of ketones is 1. The number of nitrogens with two attached hydrogens (primary N) is 1. The van der Waals surface area contributed by atoms with Gasteiger partial charge in [0.2, 0.25) is 10.0 Å². The van der Waals surface area contributed by atoms with Crippen LogP contribution in [-0.2, 0) is 19.9 Å². The van der Waals surface area contributed by atoms with Crippen molar-refractivity contribution in [2.24, 2.45) is 11.1 Å². The molecule has 6 nitrogen and oxygen atoms in total. The van der Waals surface area contributed by atoms with Crippen LogP contribution in [0.3, 0.4) is 0 Å². The molecule has 2 aromatic rings. The van der Waals surface area contributed by atoms with Gasteiger partial charge in [0.25, 0.3) is 0 Å². The third-order valence-electron chi connectivity index (χ3n) is 4.87. The molecule has 0 saturated heterocycles. The number of halogens is 1. The van der Waals surface area contributed by atoms with Crippen molar-refractivity contribution in [1.29, 1.82) is 0 Å². The number of sulfonamides is 1. The fraction of sp³-hybridized carbons (Fsp3) is 0.286. The molecule has 2 aromatic carbocycles. The van der Waals surface area contributed by atoms with Crippen LogP contribution in [0, 0.1) is 23.6 Å². The molecule has 0 aromatic heterocycles. The second-order valence-electron chi connectivity index (χ2n) is 7.12. The van der Waals surface area contributed by atoms with Gasteiger partial charge < -0.3 is 0 Å². The van der Waals surface area contributed by atoms with Crippen LogP contribution in [0.2, 0.25) is 0 Å². The predicted molar refractivity (Wildman–Crippen MR) is 109 cm³/mol. The van der Waals surface area contributed by atoms with Crippen LogP contribution in [0.4, 0.5) is 4.39 Å². The Labute approximate surface area is 175 Å². The Balaban J connectivity index is 1.83. The van der Waals surface area contributed by atoms with Crippen LogP contribution < -0.4 is 5.14 Å². The molecule has 0 unspecified atom stereocenters. The Hall–Kier alpha value is -2.54. The summed E-state index contributed by atoms with van der Waals surface area (Å²) < 4.78 is 62.9. The van der Waals surface area contributed by atoms with Gasteiger partial charge in [0.1, 0.15) is 16.5 Å². The first-order valence-electron chi connectivity index (χ1n) is 9.27. The molecule has 0 aliphatic heterocycles. The highest BCUT2D eigenvalue weighted by Crippen LogP contribution is 2.24. The number of hydrogen-bond donors (Lipinski definition) is 1. The predicted octanol–water partition coefficient (Wildman–Crippen LogP) is 2.67. The average molecular weight is 450 g/mol. The molecule has 9 heteroatoms. The third-order valence-corrected chi connectivity index (χ3v) is 7.64. The minimum atomic E-state index is -4.32. The largest absolute Gasteiger partial charge is 0.293 e. The van der Waals surface area contributed by atoms with Gasteiger partial charge in [-0.3, -0.25) is 4.79 Å². The van der Waals surface area contributed by atoms with Gasteiger partial charge in [0.15, 0.2) is 15.6 Å². The Bertz CT molecular complexity index is 1250. The van der Waals surface area contributed by atoms with Gasteiger partial charge in [-0.2, -0.15) is 0 Å².